The number of aryl methyl sites for hydroxylation is 1. The summed E-state index contributed by atoms with van der Waals surface area (Å²) in [6.07, 6.45) is 1.76. The third-order valence-electron chi connectivity index (χ3n) is 2.83. The lowest BCUT2D eigenvalue weighted by molar-refractivity contribution is -0.384. The van der Waals surface area contributed by atoms with Gasteiger partial charge in [0.15, 0.2) is 0 Å². The summed E-state index contributed by atoms with van der Waals surface area (Å²) in [7, 11) is 0. The molecule has 1 N–H and O–H groups in total. The van der Waals surface area contributed by atoms with Gasteiger partial charge >= 0.3 is 0 Å². The topological polar surface area (TPSA) is 85.1 Å². The number of hydrogen-bond donors (Lipinski definition) is 1. The van der Waals surface area contributed by atoms with Gasteiger partial charge in [0.2, 0.25) is 5.91 Å². The molecule has 0 bridgehead atoms. The number of benzene rings is 1. The van der Waals surface area contributed by atoms with Crippen LogP contribution in [0, 0.1) is 17.0 Å². The maximum absolute atomic E-state index is 11.9. The molecule has 0 aliphatic heterocycles. The molecule has 108 valence electrons. The van der Waals surface area contributed by atoms with Crippen LogP contribution >= 0.6 is 15.9 Å². The predicted octanol–water partition coefficient (Wildman–Crippen LogP) is 3.24. The van der Waals surface area contributed by atoms with Gasteiger partial charge in [0, 0.05) is 22.8 Å². The summed E-state index contributed by atoms with van der Waals surface area (Å²) in [5.74, 6) is 0.251. The number of nitrogens with zero attached hydrogens (tertiary/aromatic N) is 2. The van der Waals surface area contributed by atoms with E-state index < -0.39 is 4.92 Å². The minimum Gasteiger partial charge on any atom is -0.310 e. The smallest absolute Gasteiger partial charge is 0.269 e. The van der Waals surface area contributed by atoms with Crippen LogP contribution in [0.15, 0.2) is 41.0 Å². The van der Waals surface area contributed by atoms with Crippen molar-refractivity contribution in [3.63, 3.8) is 0 Å². The Morgan fingerprint density at radius 3 is 2.62 bits per heavy atom. The first kappa shape index (κ1) is 15.1. The number of pyridine rings is 1. The Morgan fingerprint density at radius 1 is 1.38 bits per heavy atom. The van der Waals surface area contributed by atoms with Crippen molar-refractivity contribution in [2.24, 2.45) is 0 Å². The molecule has 0 radical (unpaired) electrons. The van der Waals surface area contributed by atoms with Gasteiger partial charge in [-0.15, -0.1) is 0 Å². The molecule has 0 fully saturated rings. The second-order valence-electron chi connectivity index (χ2n) is 4.47. The lowest BCUT2D eigenvalue weighted by atomic mass is 10.1. The van der Waals surface area contributed by atoms with E-state index in [1.54, 1.807) is 24.4 Å². The van der Waals surface area contributed by atoms with Gasteiger partial charge in [0.1, 0.15) is 5.82 Å². The van der Waals surface area contributed by atoms with E-state index in [1.807, 2.05) is 6.92 Å². The molecule has 6 nitrogen and oxygen atoms in total. The molecule has 1 heterocycles. The molecule has 0 saturated carbocycles. The molecule has 0 aliphatic carbocycles. The molecule has 2 aromatic rings. The first-order chi connectivity index (χ1) is 9.95. The molecular weight excluding hydrogens is 338 g/mol. The highest BCUT2D eigenvalue weighted by Crippen LogP contribution is 2.17. The zero-order valence-electron chi connectivity index (χ0n) is 11.2. The predicted molar refractivity (Wildman–Crippen MR) is 82.1 cm³/mol. The van der Waals surface area contributed by atoms with Crippen LogP contribution in [0.1, 0.15) is 11.1 Å². The van der Waals surface area contributed by atoms with Crippen molar-refractivity contribution in [3.05, 3.63) is 62.2 Å². The van der Waals surface area contributed by atoms with Crippen molar-refractivity contribution >= 4 is 33.3 Å². The monoisotopic (exact) mass is 349 g/mol. The molecule has 0 atom stereocenters. The number of rotatable bonds is 4. The van der Waals surface area contributed by atoms with E-state index in [4.69, 9.17) is 0 Å². The lowest BCUT2D eigenvalue weighted by Crippen LogP contribution is -2.15. The standard InChI is InChI=1S/C14H12BrN3O3/c1-9-6-13(16-8-12(9)15)17-14(19)7-10-2-4-11(5-3-10)18(20)21/h2-6,8H,7H2,1H3,(H,16,17,19). The van der Waals surface area contributed by atoms with E-state index >= 15 is 0 Å². The lowest BCUT2D eigenvalue weighted by Gasteiger charge is -2.06. The van der Waals surface area contributed by atoms with Crippen LogP contribution in [0.2, 0.25) is 0 Å². The quantitative estimate of drug-likeness (QED) is 0.678. The zero-order chi connectivity index (χ0) is 15.4. The molecular formula is C14H12BrN3O3. The van der Waals surface area contributed by atoms with Gasteiger partial charge in [0.25, 0.3) is 5.69 Å². The number of anilines is 1. The molecule has 1 amide bonds. The largest absolute Gasteiger partial charge is 0.310 e. The first-order valence-corrected chi connectivity index (χ1v) is 6.90. The van der Waals surface area contributed by atoms with E-state index in [1.165, 1.54) is 12.1 Å². The summed E-state index contributed by atoms with van der Waals surface area (Å²) >= 11 is 3.34. The molecule has 7 heteroatoms. The molecule has 0 saturated heterocycles. The normalized spacial score (nSPS) is 10.2. The molecule has 2 rings (SSSR count). The minimum atomic E-state index is -0.474. The Morgan fingerprint density at radius 2 is 2.05 bits per heavy atom. The molecule has 0 unspecified atom stereocenters. The number of aromatic nitrogens is 1. The Hall–Kier alpha value is -2.28. The van der Waals surface area contributed by atoms with Crippen molar-refractivity contribution in [1.82, 2.24) is 4.98 Å². The van der Waals surface area contributed by atoms with Gasteiger partial charge < -0.3 is 5.32 Å². The van der Waals surface area contributed by atoms with Gasteiger partial charge in [-0.1, -0.05) is 12.1 Å². The van der Waals surface area contributed by atoms with E-state index in [-0.39, 0.29) is 18.0 Å². The minimum absolute atomic E-state index is 0.00404. The highest BCUT2D eigenvalue weighted by Gasteiger charge is 2.08. The summed E-state index contributed by atoms with van der Waals surface area (Å²) in [6, 6.07) is 7.66. The van der Waals surface area contributed by atoms with Gasteiger partial charge in [-0.2, -0.15) is 0 Å². The van der Waals surface area contributed by atoms with Crippen LogP contribution in [0.25, 0.3) is 0 Å². The van der Waals surface area contributed by atoms with Crippen molar-refractivity contribution < 1.29 is 9.72 Å². The van der Waals surface area contributed by atoms with E-state index in [0.717, 1.165) is 10.0 Å². The maximum Gasteiger partial charge on any atom is 0.269 e. The number of hydrogen-bond acceptors (Lipinski definition) is 4. The molecule has 1 aromatic carbocycles. The summed E-state index contributed by atoms with van der Waals surface area (Å²) < 4.78 is 0.871. The maximum atomic E-state index is 11.9. The number of carbonyl (C=O) groups excluding carboxylic acids is 1. The van der Waals surface area contributed by atoms with Crippen molar-refractivity contribution in [1.29, 1.82) is 0 Å². The SMILES string of the molecule is Cc1cc(NC(=O)Cc2ccc([N+](=O)[O-])cc2)ncc1Br. The van der Waals surface area contributed by atoms with Crippen molar-refractivity contribution in [2.75, 3.05) is 5.32 Å². The summed E-state index contributed by atoms with van der Waals surface area (Å²) in [5, 5.41) is 13.2. The van der Waals surface area contributed by atoms with Gasteiger partial charge in [-0.3, -0.25) is 14.9 Å². The first-order valence-electron chi connectivity index (χ1n) is 6.11. The van der Waals surface area contributed by atoms with Crippen molar-refractivity contribution in [2.45, 2.75) is 13.3 Å². The van der Waals surface area contributed by atoms with Crippen molar-refractivity contribution in [3.8, 4) is 0 Å². The number of nitro benzene ring substituents is 1. The van der Waals surface area contributed by atoms with Crippen LogP contribution in [0.4, 0.5) is 11.5 Å². The average Bonchev–Trinajstić information content (AvgIpc) is 2.43. The molecule has 21 heavy (non-hydrogen) atoms. The van der Waals surface area contributed by atoms with Gasteiger partial charge in [-0.05, 0) is 40.0 Å². The average molecular weight is 350 g/mol. The van der Waals surface area contributed by atoms with Gasteiger partial charge in [0.05, 0.1) is 11.3 Å². The Labute approximate surface area is 129 Å². The second-order valence-corrected chi connectivity index (χ2v) is 5.32. The van der Waals surface area contributed by atoms with Crippen LogP contribution in [-0.2, 0) is 11.2 Å². The van der Waals surface area contributed by atoms with Crippen LogP contribution < -0.4 is 5.32 Å². The Balaban J connectivity index is 2.01. The van der Waals surface area contributed by atoms with Crippen LogP contribution in [0.5, 0.6) is 0 Å². The summed E-state index contributed by atoms with van der Waals surface area (Å²) in [6.45, 7) is 1.90. The molecule has 0 spiro atoms. The highest BCUT2D eigenvalue weighted by atomic mass is 79.9. The molecule has 0 aliphatic rings. The Kier molecular flexibility index (Phi) is 4.64. The van der Waals surface area contributed by atoms with E-state index in [9.17, 15) is 14.9 Å². The van der Waals surface area contributed by atoms with Crippen LogP contribution in [-0.4, -0.2) is 15.8 Å². The highest BCUT2D eigenvalue weighted by molar-refractivity contribution is 9.10. The third kappa shape index (κ3) is 4.09. The fourth-order valence-corrected chi connectivity index (χ4v) is 1.93. The van der Waals surface area contributed by atoms with E-state index in [0.29, 0.717) is 11.4 Å². The fourth-order valence-electron chi connectivity index (χ4n) is 1.72. The van der Waals surface area contributed by atoms with Crippen LogP contribution in [0.3, 0.4) is 0 Å². The number of nitro groups is 1. The summed E-state index contributed by atoms with van der Waals surface area (Å²) in [5.41, 5.74) is 1.67. The third-order valence-corrected chi connectivity index (χ3v) is 3.66. The number of amides is 1. The second kappa shape index (κ2) is 6.45. The number of carbonyl (C=O) groups is 1. The number of non-ortho nitro benzene ring substituents is 1. The molecule has 1 aromatic heterocycles. The number of halogens is 1. The Bertz CT molecular complexity index is 686. The number of nitrogens with one attached hydrogen (secondary N) is 1. The van der Waals surface area contributed by atoms with Gasteiger partial charge in [-0.25, -0.2) is 4.98 Å². The zero-order valence-corrected chi connectivity index (χ0v) is 12.8. The fraction of sp³-hybridized carbons (Fsp3) is 0.143. The van der Waals surface area contributed by atoms with E-state index in [2.05, 4.69) is 26.2 Å². The summed E-state index contributed by atoms with van der Waals surface area (Å²) in [4.78, 5) is 26.1.